The van der Waals surface area contributed by atoms with Crippen LogP contribution in [0.5, 0.6) is 0 Å². The van der Waals surface area contributed by atoms with E-state index in [4.69, 9.17) is 0 Å². The molecule has 2 unspecified atom stereocenters. The molecule has 0 aromatic carbocycles. The fraction of sp³-hybridized carbons (Fsp3) is 1.00. The van der Waals surface area contributed by atoms with Crippen LogP contribution in [0.25, 0.3) is 0 Å². The van der Waals surface area contributed by atoms with Crippen LogP contribution < -0.4 is 0 Å². The lowest BCUT2D eigenvalue weighted by Crippen LogP contribution is -2.47. The summed E-state index contributed by atoms with van der Waals surface area (Å²) in [4.78, 5) is 2.54. The third-order valence-corrected chi connectivity index (χ3v) is 4.77. The lowest BCUT2D eigenvalue weighted by molar-refractivity contribution is 0.0269. The van der Waals surface area contributed by atoms with Crippen molar-refractivity contribution >= 4 is 0 Å². The fourth-order valence-corrected chi connectivity index (χ4v) is 3.10. The van der Waals surface area contributed by atoms with Crippen LogP contribution >= 0.6 is 0 Å². The lowest BCUT2D eigenvalue weighted by Gasteiger charge is -2.42. The minimum Gasteiger partial charge on any atom is -0.391 e. The SMILES string of the molecule is CCC1(C)CCN(C2CCCC2O)CC1. The van der Waals surface area contributed by atoms with Crippen LogP contribution in [0, 0.1) is 5.41 Å². The summed E-state index contributed by atoms with van der Waals surface area (Å²) in [6.45, 7) is 7.12. The van der Waals surface area contributed by atoms with Gasteiger partial charge in [0.25, 0.3) is 0 Å². The van der Waals surface area contributed by atoms with Gasteiger partial charge in [-0.3, -0.25) is 4.90 Å². The molecule has 2 nitrogen and oxygen atoms in total. The first kappa shape index (κ1) is 11.4. The summed E-state index contributed by atoms with van der Waals surface area (Å²) < 4.78 is 0. The van der Waals surface area contributed by atoms with E-state index in [9.17, 15) is 5.11 Å². The van der Waals surface area contributed by atoms with E-state index in [0.717, 1.165) is 6.42 Å². The molecule has 2 aliphatic rings. The summed E-state index contributed by atoms with van der Waals surface area (Å²) in [6.07, 6.45) is 7.33. The average molecular weight is 211 g/mol. The van der Waals surface area contributed by atoms with E-state index in [2.05, 4.69) is 18.7 Å². The Morgan fingerprint density at radius 2 is 1.93 bits per heavy atom. The Morgan fingerprint density at radius 1 is 1.27 bits per heavy atom. The molecule has 1 N–H and O–H groups in total. The molecule has 0 spiro atoms. The Hall–Kier alpha value is -0.0800. The van der Waals surface area contributed by atoms with Crippen LogP contribution in [-0.4, -0.2) is 35.2 Å². The van der Waals surface area contributed by atoms with E-state index in [1.54, 1.807) is 0 Å². The van der Waals surface area contributed by atoms with Crippen molar-refractivity contribution in [3.63, 3.8) is 0 Å². The minimum atomic E-state index is -0.0454. The summed E-state index contributed by atoms with van der Waals surface area (Å²) in [6, 6.07) is 0.478. The van der Waals surface area contributed by atoms with Gasteiger partial charge in [-0.1, -0.05) is 20.3 Å². The number of nitrogens with zero attached hydrogens (tertiary/aromatic N) is 1. The van der Waals surface area contributed by atoms with Crippen molar-refractivity contribution in [3.05, 3.63) is 0 Å². The van der Waals surface area contributed by atoms with E-state index in [1.807, 2.05) is 0 Å². The van der Waals surface area contributed by atoms with Crippen LogP contribution in [0.15, 0.2) is 0 Å². The second-order valence-electron chi connectivity index (χ2n) is 5.77. The quantitative estimate of drug-likeness (QED) is 0.758. The first-order valence-corrected chi connectivity index (χ1v) is 6.57. The maximum absolute atomic E-state index is 9.89. The monoisotopic (exact) mass is 211 g/mol. The highest BCUT2D eigenvalue weighted by molar-refractivity contribution is 4.90. The number of aliphatic hydroxyl groups excluding tert-OH is 1. The first-order valence-electron chi connectivity index (χ1n) is 6.57. The van der Waals surface area contributed by atoms with Gasteiger partial charge in [0, 0.05) is 6.04 Å². The molecule has 1 aliphatic heterocycles. The second kappa shape index (κ2) is 4.42. The second-order valence-corrected chi connectivity index (χ2v) is 5.77. The van der Waals surface area contributed by atoms with Crippen molar-refractivity contribution in [2.75, 3.05) is 13.1 Å². The lowest BCUT2D eigenvalue weighted by atomic mass is 9.78. The van der Waals surface area contributed by atoms with E-state index in [1.165, 1.54) is 45.2 Å². The van der Waals surface area contributed by atoms with Crippen molar-refractivity contribution in [2.24, 2.45) is 5.41 Å². The largest absolute Gasteiger partial charge is 0.391 e. The minimum absolute atomic E-state index is 0.0454. The third kappa shape index (κ3) is 2.36. The molecule has 1 saturated carbocycles. The zero-order chi connectivity index (χ0) is 10.9. The third-order valence-electron chi connectivity index (χ3n) is 4.77. The maximum Gasteiger partial charge on any atom is 0.0695 e. The average Bonchev–Trinajstić information content (AvgIpc) is 2.66. The Kier molecular flexibility index (Phi) is 3.36. The number of aliphatic hydroxyl groups is 1. The van der Waals surface area contributed by atoms with Crippen molar-refractivity contribution in [3.8, 4) is 0 Å². The van der Waals surface area contributed by atoms with Crippen LogP contribution in [0.2, 0.25) is 0 Å². The number of likely N-dealkylation sites (tertiary alicyclic amines) is 1. The van der Waals surface area contributed by atoms with E-state index in [-0.39, 0.29) is 6.10 Å². The van der Waals surface area contributed by atoms with Crippen LogP contribution in [0.1, 0.15) is 52.4 Å². The fourth-order valence-electron chi connectivity index (χ4n) is 3.10. The molecule has 1 saturated heterocycles. The molecule has 2 heteroatoms. The van der Waals surface area contributed by atoms with Crippen molar-refractivity contribution in [1.29, 1.82) is 0 Å². The zero-order valence-corrected chi connectivity index (χ0v) is 10.2. The molecule has 2 atom stereocenters. The zero-order valence-electron chi connectivity index (χ0n) is 10.2. The van der Waals surface area contributed by atoms with E-state index in [0.29, 0.717) is 11.5 Å². The van der Waals surface area contributed by atoms with Gasteiger partial charge >= 0.3 is 0 Å². The van der Waals surface area contributed by atoms with E-state index >= 15 is 0 Å². The predicted molar refractivity (Wildman–Crippen MR) is 62.9 cm³/mol. The summed E-state index contributed by atoms with van der Waals surface area (Å²) in [5.41, 5.74) is 0.570. The summed E-state index contributed by atoms with van der Waals surface area (Å²) >= 11 is 0. The molecule has 2 rings (SSSR count). The van der Waals surface area contributed by atoms with Crippen molar-refractivity contribution < 1.29 is 5.11 Å². The van der Waals surface area contributed by atoms with Gasteiger partial charge in [0.2, 0.25) is 0 Å². The normalized spacial score (nSPS) is 37.0. The first-order chi connectivity index (χ1) is 7.14. The number of piperidine rings is 1. The molecule has 15 heavy (non-hydrogen) atoms. The number of hydrogen-bond donors (Lipinski definition) is 1. The van der Waals surface area contributed by atoms with Gasteiger partial charge in [-0.25, -0.2) is 0 Å². The molecule has 0 bridgehead atoms. The van der Waals surface area contributed by atoms with Crippen molar-refractivity contribution in [1.82, 2.24) is 4.90 Å². The molecular weight excluding hydrogens is 186 g/mol. The van der Waals surface area contributed by atoms with Gasteiger partial charge in [0.1, 0.15) is 0 Å². The Balaban J connectivity index is 1.88. The van der Waals surface area contributed by atoms with Crippen molar-refractivity contribution in [2.45, 2.75) is 64.5 Å². The van der Waals surface area contributed by atoms with E-state index < -0.39 is 0 Å². The molecule has 88 valence electrons. The molecular formula is C13H25NO. The predicted octanol–water partition coefficient (Wildman–Crippen LogP) is 2.41. The van der Waals surface area contributed by atoms with Crippen LogP contribution in [-0.2, 0) is 0 Å². The van der Waals surface area contributed by atoms with Gasteiger partial charge < -0.3 is 5.11 Å². The molecule has 0 aromatic rings. The highest BCUT2D eigenvalue weighted by Crippen LogP contribution is 2.36. The Labute approximate surface area is 93.7 Å². The smallest absolute Gasteiger partial charge is 0.0695 e. The van der Waals surface area contributed by atoms with Gasteiger partial charge in [-0.05, 0) is 50.6 Å². The Morgan fingerprint density at radius 3 is 2.40 bits per heavy atom. The molecule has 0 radical (unpaired) electrons. The number of hydrogen-bond acceptors (Lipinski definition) is 2. The standard InChI is InChI=1S/C13H25NO/c1-3-13(2)7-9-14(10-8-13)11-5-4-6-12(11)15/h11-12,15H,3-10H2,1-2H3. The van der Waals surface area contributed by atoms with Gasteiger partial charge in [-0.2, -0.15) is 0 Å². The molecule has 0 aromatic heterocycles. The molecule has 2 fully saturated rings. The highest BCUT2D eigenvalue weighted by Gasteiger charge is 2.35. The van der Waals surface area contributed by atoms with Crippen LogP contribution in [0.4, 0.5) is 0 Å². The molecule has 0 amide bonds. The molecule has 1 heterocycles. The van der Waals surface area contributed by atoms with Gasteiger partial charge in [0.05, 0.1) is 6.10 Å². The topological polar surface area (TPSA) is 23.5 Å². The summed E-state index contributed by atoms with van der Waals surface area (Å²) in [7, 11) is 0. The highest BCUT2D eigenvalue weighted by atomic mass is 16.3. The molecule has 1 aliphatic carbocycles. The summed E-state index contributed by atoms with van der Waals surface area (Å²) in [5, 5.41) is 9.89. The number of rotatable bonds is 2. The summed E-state index contributed by atoms with van der Waals surface area (Å²) in [5.74, 6) is 0. The maximum atomic E-state index is 9.89. The van der Waals surface area contributed by atoms with Crippen LogP contribution in [0.3, 0.4) is 0 Å². The van der Waals surface area contributed by atoms with Gasteiger partial charge in [-0.15, -0.1) is 0 Å². The Bertz CT molecular complexity index is 209. The van der Waals surface area contributed by atoms with Gasteiger partial charge in [0.15, 0.2) is 0 Å².